The van der Waals surface area contributed by atoms with Crippen LogP contribution < -0.4 is 21.4 Å². The number of nitriles is 7. The van der Waals surface area contributed by atoms with Crippen LogP contribution in [0.3, 0.4) is 0 Å². The van der Waals surface area contributed by atoms with Crippen molar-refractivity contribution in [3.63, 3.8) is 0 Å². The van der Waals surface area contributed by atoms with Gasteiger partial charge in [0.15, 0.2) is 40.3 Å². The molecular formula is C30H10N14O2. The van der Waals surface area contributed by atoms with Crippen LogP contribution in [0.1, 0.15) is 29.8 Å². The fourth-order valence-corrected chi connectivity index (χ4v) is 4.33. The first-order valence-electron chi connectivity index (χ1n) is 12.8. The summed E-state index contributed by atoms with van der Waals surface area (Å²) >= 11 is 0. The smallest absolute Gasteiger partial charge is 0.331 e. The molecule has 0 radical (unpaired) electrons. The van der Waals surface area contributed by atoms with Gasteiger partial charge in [-0.05, 0) is 31.2 Å². The lowest BCUT2D eigenvalue weighted by atomic mass is 10.0. The molecule has 5 rings (SSSR count). The van der Waals surface area contributed by atoms with Crippen molar-refractivity contribution in [1.29, 1.82) is 36.8 Å². The number of rotatable bonds is 5. The molecule has 1 atom stereocenters. The number of ether oxygens (including phenoxy) is 1. The van der Waals surface area contributed by atoms with Crippen molar-refractivity contribution in [2.24, 2.45) is 20.0 Å². The number of aromatic nitrogens is 3. The molecule has 212 valence electrons. The highest BCUT2D eigenvalue weighted by Crippen LogP contribution is 2.26. The van der Waals surface area contributed by atoms with Gasteiger partial charge >= 0.3 is 5.97 Å². The average Bonchev–Trinajstić information content (AvgIpc) is 3.70. The van der Waals surface area contributed by atoms with Gasteiger partial charge in [0, 0.05) is 11.1 Å². The third kappa shape index (κ3) is 4.90. The van der Waals surface area contributed by atoms with E-state index >= 15 is 0 Å². The topological polar surface area (TPSA) is 281 Å². The maximum Gasteiger partial charge on any atom is 0.331 e. The van der Waals surface area contributed by atoms with Gasteiger partial charge in [0.25, 0.3) is 0 Å². The van der Waals surface area contributed by atoms with Crippen LogP contribution in [0.2, 0.25) is 0 Å². The third-order valence-corrected chi connectivity index (χ3v) is 6.36. The molecule has 2 aliphatic rings. The summed E-state index contributed by atoms with van der Waals surface area (Å²) in [6.45, 7) is 1.50. The number of hydrogen-bond donors (Lipinski definition) is 0. The second-order valence-electron chi connectivity index (χ2n) is 8.88. The molecule has 46 heavy (non-hydrogen) atoms. The van der Waals surface area contributed by atoms with Gasteiger partial charge in [-0.25, -0.2) is 34.9 Å². The van der Waals surface area contributed by atoms with E-state index in [0.717, 1.165) is 0 Å². The molecule has 0 amide bonds. The van der Waals surface area contributed by atoms with Crippen LogP contribution >= 0.6 is 0 Å². The van der Waals surface area contributed by atoms with Gasteiger partial charge in [0.1, 0.15) is 47.1 Å². The number of hydrogen-bond acceptors (Lipinski definition) is 16. The minimum absolute atomic E-state index is 0.0319. The fraction of sp³-hybridized carbons (Fsp3) is 0.100. The predicted molar refractivity (Wildman–Crippen MR) is 146 cm³/mol. The Kier molecular flexibility index (Phi) is 7.77. The van der Waals surface area contributed by atoms with E-state index in [2.05, 4.69) is 34.9 Å². The molecule has 1 aromatic heterocycles. The lowest BCUT2D eigenvalue weighted by molar-refractivity contribution is -0.143. The van der Waals surface area contributed by atoms with Crippen molar-refractivity contribution in [1.82, 2.24) is 15.0 Å². The number of fused-ring (bicyclic) bond motifs is 2. The van der Waals surface area contributed by atoms with E-state index in [1.54, 1.807) is 37.3 Å². The lowest BCUT2D eigenvalue weighted by Crippen LogP contribution is -2.27. The van der Waals surface area contributed by atoms with E-state index in [0.29, 0.717) is 0 Å². The summed E-state index contributed by atoms with van der Waals surface area (Å²) in [5.41, 5.74) is -0.801. The summed E-state index contributed by atoms with van der Waals surface area (Å²) in [5.74, 6) is -3.70. The lowest BCUT2D eigenvalue weighted by Gasteiger charge is -2.12. The maximum absolute atomic E-state index is 12.7. The van der Waals surface area contributed by atoms with Crippen molar-refractivity contribution in [3.05, 3.63) is 85.4 Å². The molecule has 0 saturated carbocycles. The zero-order valence-corrected chi connectivity index (χ0v) is 23.2. The minimum atomic E-state index is -1.63. The zero-order chi connectivity index (χ0) is 33.0. The molecule has 0 saturated heterocycles. The van der Waals surface area contributed by atoms with Gasteiger partial charge in [-0.15, -0.1) is 0 Å². The van der Waals surface area contributed by atoms with Crippen LogP contribution in [0.4, 0.5) is 0 Å². The Balaban J connectivity index is 1.83. The zero-order valence-electron chi connectivity index (χ0n) is 23.2. The quantitative estimate of drug-likeness (QED) is 0.280. The normalized spacial score (nSPS) is 12.1. The molecule has 16 nitrogen and oxygen atoms in total. The van der Waals surface area contributed by atoms with Gasteiger partial charge in [-0.2, -0.15) is 36.8 Å². The highest BCUT2D eigenvalue weighted by Gasteiger charge is 2.29. The molecule has 0 fully saturated rings. The molecule has 0 N–H and O–H groups in total. The number of nitrogens with zero attached hydrogens (tertiary/aromatic N) is 14. The third-order valence-electron chi connectivity index (χ3n) is 6.36. The number of carbonyl (C=O) groups is 1. The van der Waals surface area contributed by atoms with Crippen molar-refractivity contribution < 1.29 is 9.53 Å². The molecule has 16 heteroatoms. The number of benzene rings is 2. The van der Waals surface area contributed by atoms with Crippen LogP contribution in [-0.2, 0) is 9.53 Å². The Hall–Kier alpha value is -7.97. The van der Waals surface area contributed by atoms with E-state index < -0.39 is 11.9 Å². The van der Waals surface area contributed by atoms with Gasteiger partial charge < -0.3 is 4.74 Å². The summed E-state index contributed by atoms with van der Waals surface area (Å²) in [5, 5.41) is 67.6. The SMILES string of the molecule is CCOC(=O)C(C#N)c1nc(-c2ccc3c(c2C#N)=NC(=C(C#N)C#N)N=3)nc(-c2ccc3c(c2C#N)=NC(=C(C#N)C#N)N=3)n1. The Labute approximate surface area is 257 Å². The highest BCUT2D eigenvalue weighted by molar-refractivity contribution is 5.81. The Morgan fingerprint density at radius 1 is 0.696 bits per heavy atom. The van der Waals surface area contributed by atoms with E-state index in [1.807, 2.05) is 12.1 Å². The number of carbonyl (C=O) groups excluding carboxylic acids is 1. The fourth-order valence-electron chi connectivity index (χ4n) is 4.33. The van der Waals surface area contributed by atoms with Crippen LogP contribution in [-0.4, -0.2) is 27.5 Å². The average molecular weight is 599 g/mol. The van der Waals surface area contributed by atoms with Gasteiger partial charge in [0.2, 0.25) is 5.92 Å². The van der Waals surface area contributed by atoms with Gasteiger partial charge in [-0.1, -0.05) is 0 Å². The molecule has 0 aliphatic carbocycles. The molecule has 0 bridgehead atoms. The Morgan fingerprint density at radius 3 is 1.52 bits per heavy atom. The van der Waals surface area contributed by atoms with Gasteiger partial charge in [-0.3, -0.25) is 4.79 Å². The van der Waals surface area contributed by atoms with Crippen molar-refractivity contribution in [2.75, 3.05) is 6.61 Å². The Bertz CT molecular complexity index is 2360. The highest BCUT2D eigenvalue weighted by atomic mass is 16.5. The van der Waals surface area contributed by atoms with E-state index in [4.69, 9.17) is 4.74 Å². The second-order valence-corrected chi connectivity index (χ2v) is 8.88. The molecule has 2 aromatic carbocycles. The van der Waals surface area contributed by atoms with Crippen molar-refractivity contribution >= 4 is 5.97 Å². The molecular weight excluding hydrogens is 588 g/mol. The molecule has 3 heterocycles. The summed E-state index contributed by atoms with van der Waals surface area (Å²) in [4.78, 5) is 42.5. The van der Waals surface area contributed by atoms with Crippen LogP contribution in [0.5, 0.6) is 0 Å². The van der Waals surface area contributed by atoms with Gasteiger partial charge in [0.05, 0.1) is 34.5 Å². The van der Waals surface area contributed by atoms with Crippen LogP contribution in [0.15, 0.2) is 67.0 Å². The van der Waals surface area contributed by atoms with E-state index in [1.165, 1.54) is 24.3 Å². The molecule has 2 aliphatic heterocycles. The van der Waals surface area contributed by atoms with E-state index in [-0.39, 0.29) is 90.6 Å². The predicted octanol–water partition coefficient (Wildman–Crippen LogP) is 0.142. The molecule has 0 spiro atoms. The van der Waals surface area contributed by atoms with Crippen molar-refractivity contribution in [2.45, 2.75) is 12.8 Å². The standard InChI is InChI=1S/C30H10N14O2/c1-2-46-30(45)20(13-37)29-43-27(16-3-5-21-23(18(16)11-35)40-25(38-21)14(7-31)8-32)42-28(44-29)17-4-6-22-24(19(17)12-36)41-26(39-22)15(9-33)10-34/h3-6,20H,2H2,1H3. The monoisotopic (exact) mass is 598 g/mol. The minimum Gasteiger partial charge on any atom is -0.465 e. The Morgan fingerprint density at radius 2 is 1.15 bits per heavy atom. The number of esters is 1. The maximum atomic E-state index is 12.7. The first kappa shape index (κ1) is 29.5. The summed E-state index contributed by atoms with van der Waals surface area (Å²) < 4.78 is 5.03. The summed E-state index contributed by atoms with van der Waals surface area (Å²) in [6.07, 6.45) is 0. The first-order chi connectivity index (χ1) is 22.3. The van der Waals surface area contributed by atoms with Crippen LogP contribution in [0, 0.1) is 79.3 Å². The largest absolute Gasteiger partial charge is 0.465 e. The van der Waals surface area contributed by atoms with Crippen LogP contribution in [0.25, 0.3) is 22.8 Å². The first-order valence-corrected chi connectivity index (χ1v) is 12.8. The van der Waals surface area contributed by atoms with Crippen molar-refractivity contribution in [3.8, 4) is 65.3 Å². The molecule has 1 unspecified atom stereocenters. The van der Waals surface area contributed by atoms with E-state index in [9.17, 15) is 41.6 Å². The number of allylic oxidation sites excluding steroid dienone is 2. The summed E-state index contributed by atoms with van der Waals surface area (Å²) in [6, 6.07) is 18.4. The summed E-state index contributed by atoms with van der Waals surface area (Å²) in [7, 11) is 0. The second kappa shape index (κ2) is 12.1. The molecule has 3 aromatic rings.